The van der Waals surface area contributed by atoms with Crippen LogP contribution in [0.4, 0.5) is 11.8 Å². The van der Waals surface area contributed by atoms with Crippen molar-refractivity contribution in [1.29, 1.82) is 5.26 Å². The molecule has 6 heteroatoms. The number of anilines is 2. The highest BCUT2D eigenvalue weighted by Crippen LogP contribution is 2.20. The fraction of sp³-hybridized carbons (Fsp3) is 0.545. The Labute approximate surface area is 101 Å². The van der Waals surface area contributed by atoms with Crippen LogP contribution >= 0.6 is 0 Å². The summed E-state index contributed by atoms with van der Waals surface area (Å²) in [5.41, 5.74) is 3.40. The minimum Gasteiger partial charge on any atom is -0.353 e. The number of aromatic nitrogens is 2. The number of hydrogen-bond donors (Lipinski definition) is 2. The van der Waals surface area contributed by atoms with Crippen LogP contribution in [0.15, 0.2) is 6.20 Å². The van der Waals surface area contributed by atoms with Crippen molar-refractivity contribution in [2.45, 2.75) is 33.2 Å². The van der Waals surface area contributed by atoms with Crippen LogP contribution in [0, 0.1) is 18.3 Å². The smallest absolute Gasteiger partial charge is 0.239 e. The molecule has 0 atom stereocenters. The van der Waals surface area contributed by atoms with E-state index in [2.05, 4.69) is 40.2 Å². The summed E-state index contributed by atoms with van der Waals surface area (Å²) < 4.78 is 0. The summed E-state index contributed by atoms with van der Waals surface area (Å²) in [7, 11) is 0. The van der Waals surface area contributed by atoms with E-state index in [1.54, 1.807) is 6.20 Å². The maximum Gasteiger partial charge on any atom is 0.239 e. The van der Waals surface area contributed by atoms with Gasteiger partial charge < -0.3 is 4.90 Å². The van der Waals surface area contributed by atoms with Crippen LogP contribution in [0.5, 0.6) is 0 Å². The highest BCUT2D eigenvalue weighted by atomic mass is 15.3. The topological polar surface area (TPSA) is 90.9 Å². The molecule has 0 aliphatic heterocycles. The normalized spacial score (nSPS) is 10.1. The number of hydrogen-bond acceptors (Lipinski definition) is 6. The summed E-state index contributed by atoms with van der Waals surface area (Å²) in [6.45, 7) is 6.72. The lowest BCUT2D eigenvalue weighted by Gasteiger charge is -2.28. The van der Waals surface area contributed by atoms with Crippen molar-refractivity contribution in [3.05, 3.63) is 11.8 Å². The Bertz CT molecular complexity index is 409. The molecule has 0 aliphatic rings. The second-order valence-corrected chi connectivity index (χ2v) is 4.04. The molecular weight excluding hydrogens is 216 g/mol. The average molecular weight is 234 g/mol. The third kappa shape index (κ3) is 3.29. The number of nitrogen functional groups attached to an aromatic ring is 1. The minimum atomic E-state index is 0.266. The third-order valence-corrected chi connectivity index (χ3v) is 2.43. The van der Waals surface area contributed by atoms with E-state index in [-0.39, 0.29) is 6.04 Å². The van der Waals surface area contributed by atoms with Crippen molar-refractivity contribution in [2.24, 2.45) is 5.84 Å². The lowest BCUT2D eigenvalue weighted by atomic mass is 10.2. The molecule has 1 aromatic heterocycles. The second-order valence-electron chi connectivity index (χ2n) is 4.04. The van der Waals surface area contributed by atoms with Crippen LogP contribution in [0.25, 0.3) is 0 Å². The first-order valence-electron chi connectivity index (χ1n) is 5.54. The average Bonchev–Trinajstić information content (AvgIpc) is 2.31. The monoisotopic (exact) mass is 234 g/mol. The molecule has 0 saturated carbocycles. The standard InChI is InChI=1S/C11H18N6/c1-8(2)17(6-4-5-12)10-9(3)7-14-11(15-10)16-13/h7-8H,4,6,13H2,1-3H3,(H,14,15,16). The number of rotatable bonds is 5. The highest BCUT2D eigenvalue weighted by molar-refractivity contribution is 5.49. The van der Waals surface area contributed by atoms with Gasteiger partial charge in [0.25, 0.3) is 0 Å². The minimum absolute atomic E-state index is 0.266. The predicted molar refractivity (Wildman–Crippen MR) is 67.3 cm³/mol. The highest BCUT2D eigenvalue weighted by Gasteiger charge is 2.15. The summed E-state index contributed by atoms with van der Waals surface area (Å²) in [5, 5.41) is 8.67. The molecule has 92 valence electrons. The largest absolute Gasteiger partial charge is 0.353 e. The van der Waals surface area contributed by atoms with E-state index in [4.69, 9.17) is 11.1 Å². The van der Waals surface area contributed by atoms with Crippen molar-refractivity contribution >= 4 is 11.8 Å². The Hall–Kier alpha value is -1.87. The Kier molecular flexibility index (Phi) is 4.67. The number of nitrogens with zero attached hydrogens (tertiary/aromatic N) is 4. The van der Waals surface area contributed by atoms with E-state index in [0.29, 0.717) is 18.9 Å². The van der Waals surface area contributed by atoms with Gasteiger partial charge >= 0.3 is 0 Å². The van der Waals surface area contributed by atoms with E-state index in [1.165, 1.54) is 0 Å². The summed E-state index contributed by atoms with van der Waals surface area (Å²) in [5.74, 6) is 6.50. The molecule has 17 heavy (non-hydrogen) atoms. The zero-order valence-corrected chi connectivity index (χ0v) is 10.4. The molecule has 0 bridgehead atoms. The third-order valence-electron chi connectivity index (χ3n) is 2.43. The molecule has 0 unspecified atom stereocenters. The van der Waals surface area contributed by atoms with Gasteiger partial charge in [0.1, 0.15) is 5.82 Å². The van der Waals surface area contributed by atoms with Gasteiger partial charge in [0.05, 0.1) is 12.5 Å². The lowest BCUT2D eigenvalue weighted by molar-refractivity contribution is 0.673. The molecule has 0 saturated heterocycles. The molecule has 1 heterocycles. The van der Waals surface area contributed by atoms with Gasteiger partial charge in [-0.1, -0.05) is 0 Å². The van der Waals surface area contributed by atoms with Gasteiger partial charge in [-0.2, -0.15) is 10.2 Å². The number of nitriles is 1. The molecule has 0 aromatic carbocycles. The van der Waals surface area contributed by atoms with Crippen LogP contribution in [-0.2, 0) is 0 Å². The zero-order chi connectivity index (χ0) is 12.8. The van der Waals surface area contributed by atoms with E-state index in [0.717, 1.165) is 11.4 Å². The Morgan fingerprint density at radius 3 is 2.82 bits per heavy atom. The SMILES string of the molecule is Cc1cnc(NN)nc1N(CCC#N)C(C)C. The van der Waals surface area contributed by atoms with Gasteiger partial charge in [0.2, 0.25) is 5.95 Å². The molecule has 6 nitrogen and oxygen atoms in total. The Morgan fingerprint density at radius 1 is 1.59 bits per heavy atom. The molecule has 0 amide bonds. The van der Waals surface area contributed by atoms with Gasteiger partial charge in [0, 0.05) is 24.3 Å². The lowest BCUT2D eigenvalue weighted by Crippen LogP contribution is -2.33. The number of aryl methyl sites for hydroxylation is 1. The van der Waals surface area contributed by atoms with Crippen LogP contribution < -0.4 is 16.2 Å². The molecule has 1 rings (SSSR count). The summed E-state index contributed by atoms with van der Waals surface area (Å²) in [6.07, 6.45) is 2.19. The van der Waals surface area contributed by atoms with Gasteiger partial charge in [-0.15, -0.1) is 0 Å². The van der Waals surface area contributed by atoms with Crippen LogP contribution in [0.2, 0.25) is 0 Å². The molecule has 0 fully saturated rings. The number of nitrogens with two attached hydrogens (primary N) is 1. The maximum absolute atomic E-state index is 8.67. The predicted octanol–water partition coefficient (Wildman–Crippen LogP) is 1.20. The van der Waals surface area contributed by atoms with Crippen LogP contribution in [-0.4, -0.2) is 22.6 Å². The summed E-state index contributed by atoms with van der Waals surface area (Å²) in [4.78, 5) is 10.4. The van der Waals surface area contributed by atoms with Gasteiger partial charge in [-0.05, 0) is 20.8 Å². The first kappa shape index (κ1) is 13.2. The van der Waals surface area contributed by atoms with Gasteiger partial charge in [-0.3, -0.25) is 5.43 Å². The fourth-order valence-electron chi connectivity index (χ4n) is 1.57. The number of hydrazine groups is 1. The van der Waals surface area contributed by atoms with Crippen LogP contribution in [0.1, 0.15) is 25.8 Å². The van der Waals surface area contributed by atoms with Crippen molar-refractivity contribution < 1.29 is 0 Å². The van der Waals surface area contributed by atoms with Crippen LogP contribution in [0.3, 0.4) is 0 Å². The molecule has 0 radical (unpaired) electrons. The van der Waals surface area contributed by atoms with E-state index >= 15 is 0 Å². The van der Waals surface area contributed by atoms with Gasteiger partial charge in [-0.25, -0.2) is 10.8 Å². The van der Waals surface area contributed by atoms with Crippen molar-refractivity contribution in [3.8, 4) is 6.07 Å². The summed E-state index contributed by atoms with van der Waals surface area (Å²) in [6, 6.07) is 2.41. The maximum atomic E-state index is 8.67. The summed E-state index contributed by atoms with van der Waals surface area (Å²) >= 11 is 0. The molecule has 0 aliphatic carbocycles. The molecule has 3 N–H and O–H groups in total. The van der Waals surface area contributed by atoms with E-state index < -0.39 is 0 Å². The quantitative estimate of drug-likeness (QED) is 0.587. The zero-order valence-electron chi connectivity index (χ0n) is 10.4. The van der Waals surface area contributed by atoms with Gasteiger partial charge in [0.15, 0.2) is 0 Å². The second kappa shape index (κ2) is 6.01. The fourth-order valence-corrected chi connectivity index (χ4v) is 1.57. The van der Waals surface area contributed by atoms with E-state index in [9.17, 15) is 0 Å². The van der Waals surface area contributed by atoms with Crippen molar-refractivity contribution in [1.82, 2.24) is 9.97 Å². The molecule has 0 spiro atoms. The van der Waals surface area contributed by atoms with Crippen molar-refractivity contribution in [3.63, 3.8) is 0 Å². The Morgan fingerprint density at radius 2 is 2.29 bits per heavy atom. The molecule has 1 aromatic rings. The molecular formula is C11H18N6. The van der Waals surface area contributed by atoms with Crippen molar-refractivity contribution in [2.75, 3.05) is 16.9 Å². The first-order valence-corrected chi connectivity index (χ1v) is 5.54. The first-order chi connectivity index (χ1) is 8.10. The van der Waals surface area contributed by atoms with E-state index in [1.807, 2.05) is 6.92 Å². The Balaban J connectivity index is 3.04. The number of nitrogens with one attached hydrogen (secondary N) is 1.